The lowest BCUT2D eigenvalue weighted by molar-refractivity contribution is 0.0312. The second-order valence-electron chi connectivity index (χ2n) is 11.5. The first-order valence-corrected chi connectivity index (χ1v) is 14.9. The highest BCUT2D eigenvalue weighted by Gasteiger charge is 2.42. The number of carbonyl (C=O) groups is 1. The number of halogens is 1. The minimum atomic E-state index is -3.46. The molecule has 1 aliphatic heterocycles. The third-order valence-electron chi connectivity index (χ3n) is 7.89. The summed E-state index contributed by atoms with van der Waals surface area (Å²) in [5, 5.41) is 3.38. The maximum atomic E-state index is 15.5. The van der Waals surface area contributed by atoms with Gasteiger partial charge in [-0.05, 0) is 74.5 Å². The van der Waals surface area contributed by atoms with Crippen molar-refractivity contribution in [1.29, 1.82) is 0 Å². The van der Waals surface area contributed by atoms with Gasteiger partial charge in [0.15, 0.2) is 9.84 Å². The molecule has 8 nitrogen and oxygen atoms in total. The van der Waals surface area contributed by atoms with Crippen LogP contribution in [0.25, 0.3) is 5.69 Å². The molecular weight excluding hydrogens is 495 g/mol. The molecule has 1 amide bonds. The van der Waals surface area contributed by atoms with Crippen molar-refractivity contribution in [3.8, 4) is 5.69 Å². The van der Waals surface area contributed by atoms with Gasteiger partial charge in [-0.25, -0.2) is 12.8 Å². The van der Waals surface area contributed by atoms with E-state index in [4.69, 9.17) is 16.2 Å². The molecule has 1 saturated carbocycles. The van der Waals surface area contributed by atoms with Crippen molar-refractivity contribution >= 4 is 21.4 Å². The van der Waals surface area contributed by atoms with Crippen molar-refractivity contribution < 1.29 is 22.3 Å². The Bertz CT molecular complexity index is 1330. The van der Waals surface area contributed by atoms with Crippen molar-refractivity contribution in [2.45, 2.75) is 82.3 Å². The molecule has 0 radical (unpaired) electrons. The zero-order chi connectivity index (χ0) is 26.5. The topological polar surface area (TPSA) is 129 Å². The Morgan fingerprint density at radius 3 is 2.59 bits per heavy atom. The number of aromatic nitrogens is 1. The standard InChI is InChI=1S/C27H37FN4O4S/c1-27(2)14-23-25(37(34,35)15-27)19-4-3-5-22(19)32(23)17-12-20(28)24(26(30)33)21(13-17)31-16-6-8-18(9-7-16)36-11-10-29/h12-13,16,18,31H,3-11,14-15,29H2,1-2H3,(H2,30,33). The molecule has 2 aliphatic carbocycles. The number of nitrogens with zero attached hydrogens (tertiary/aromatic N) is 1. The Kier molecular flexibility index (Phi) is 6.87. The Hall–Kier alpha value is -2.43. The predicted molar refractivity (Wildman–Crippen MR) is 140 cm³/mol. The molecule has 2 aromatic rings. The summed E-state index contributed by atoms with van der Waals surface area (Å²) in [5.41, 5.74) is 13.9. The maximum Gasteiger partial charge on any atom is 0.253 e. The number of sulfone groups is 1. The van der Waals surface area contributed by atoms with Crippen molar-refractivity contribution in [1.82, 2.24) is 4.57 Å². The average Bonchev–Trinajstić information content (AvgIpc) is 3.36. The van der Waals surface area contributed by atoms with Gasteiger partial charge in [0.25, 0.3) is 5.91 Å². The summed E-state index contributed by atoms with van der Waals surface area (Å²) >= 11 is 0. The Morgan fingerprint density at radius 1 is 1.19 bits per heavy atom. The molecule has 0 saturated heterocycles. The van der Waals surface area contributed by atoms with Crippen LogP contribution >= 0.6 is 0 Å². The fourth-order valence-electron chi connectivity index (χ4n) is 6.50. The van der Waals surface area contributed by atoms with Gasteiger partial charge in [0, 0.05) is 24.0 Å². The molecule has 2 heterocycles. The zero-order valence-corrected chi connectivity index (χ0v) is 22.4. The minimum Gasteiger partial charge on any atom is -0.382 e. The Labute approximate surface area is 217 Å². The van der Waals surface area contributed by atoms with Crippen LogP contribution in [0.3, 0.4) is 0 Å². The number of anilines is 1. The number of primary amides is 1. The highest BCUT2D eigenvalue weighted by Crippen LogP contribution is 2.44. The van der Waals surface area contributed by atoms with E-state index >= 15 is 4.39 Å². The minimum absolute atomic E-state index is 0.0362. The van der Waals surface area contributed by atoms with Crippen LogP contribution in [0, 0.1) is 11.2 Å². The van der Waals surface area contributed by atoms with E-state index in [2.05, 4.69) is 5.32 Å². The lowest BCUT2D eigenvalue weighted by atomic mass is 9.89. The van der Waals surface area contributed by atoms with Crippen LogP contribution in [-0.4, -0.2) is 49.9 Å². The largest absolute Gasteiger partial charge is 0.382 e. The molecule has 0 spiro atoms. The molecule has 5 N–H and O–H groups in total. The second-order valence-corrected chi connectivity index (χ2v) is 13.4. The molecule has 202 valence electrons. The monoisotopic (exact) mass is 532 g/mol. The Morgan fingerprint density at radius 2 is 1.92 bits per heavy atom. The summed E-state index contributed by atoms with van der Waals surface area (Å²) in [5.74, 6) is -1.45. The number of nitrogens with two attached hydrogens (primary N) is 2. The van der Waals surface area contributed by atoms with E-state index in [0.29, 0.717) is 42.3 Å². The van der Waals surface area contributed by atoms with E-state index in [1.807, 2.05) is 18.4 Å². The van der Waals surface area contributed by atoms with Gasteiger partial charge >= 0.3 is 0 Å². The first-order valence-electron chi connectivity index (χ1n) is 13.2. The summed E-state index contributed by atoms with van der Waals surface area (Å²) in [6.45, 7) is 4.91. The highest BCUT2D eigenvalue weighted by atomic mass is 32.2. The van der Waals surface area contributed by atoms with E-state index < -0.39 is 27.0 Å². The van der Waals surface area contributed by atoms with Gasteiger partial charge in [0.1, 0.15) is 5.82 Å². The lowest BCUT2D eigenvalue weighted by Crippen LogP contribution is -2.33. The molecule has 1 fully saturated rings. The number of ether oxygens (including phenoxy) is 1. The van der Waals surface area contributed by atoms with Crippen molar-refractivity contribution in [3.05, 3.63) is 40.5 Å². The quantitative estimate of drug-likeness (QED) is 0.502. The third kappa shape index (κ3) is 4.91. The van der Waals surface area contributed by atoms with Crippen LogP contribution in [0.5, 0.6) is 0 Å². The fourth-order valence-corrected chi connectivity index (χ4v) is 8.89. The van der Waals surface area contributed by atoms with E-state index in [9.17, 15) is 13.2 Å². The number of hydrogen-bond donors (Lipinski definition) is 3. The average molecular weight is 533 g/mol. The number of nitrogens with one attached hydrogen (secondary N) is 1. The summed E-state index contributed by atoms with van der Waals surface area (Å²) in [4.78, 5) is 12.7. The van der Waals surface area contributed by atoms with E-state index in [1.54, 1.807) is 6.07 Å². The molecule has 0 bridgehead atoms. The number of hydrogen-bond acceptors (Lipinski definition) is 6. The van der Waals surface area contributed by atoms with E-state index in [1.165, 1.54) is 6.07 Å². The summed E-state index contributed by atoms with van der Waals surface area (Å²) < 4.78 is 49.9. The Balaban J connectivity index is 1.55. The van der Waals surface area contributed by atoms with Crippen molar-refractivity contribution in [3.63, 3.8) is 0 Å². The van der Waals surface area contributed by atoms with Gasteiger partial charge in [0.2, 0.25) is 0 Å². The number of carbonyl (C=O) groups excluding carboxylic acids is 1. The molecule has 37 heavy (non-hydrogen) atoms. The van der Waals surface area contributed by atoms with Gasteiger partial charge in [-0.2, -0.15) is 0 Å². The summed E-state index contributed by atoms with van der Waals surface area (Å²) in [6, 6.07) is 3.11. The van der Waals surface area contributed by atoms with Crippen molar-refractivity contribution in [2.24, 2.45) is 16.9 Å². The van der Waals surface area contributed by atoms with Crippen LogP contribution in [0.2, 0.25) is 0 Å². The highest BCUT2D eigenvalue weighted by molar-refractivity contribution is 7.91. The third-order valence-corrected chi connectivity index (χ3v) is 10.2. The van der Waals surface area contributed by atoms with Gasteiger partial charge in [0.05, 0.1) is 40.3 Å². The first-order chi connectivity index (χ1) is 17.5. The number of benzene rings is 1. The lowest BCUT2D eigenvalue weighted by Gasteiger charge is -2.32. The molecule has 3 aliphatic rings. The van der Waals surface area contributed by atoms with E-state index in [0.717, 1.165) is 55.5 Å². The van der Waals surface area contributed by atoms with Gasteiger partial charge in [-0.3, -0.25) is 4.79 Å². The van der Waals surface area contributed by atoms with Crippen molar-refractivity contribution in [2.75, 3.05) is 24.2 Å². The molecule has 1 aromatic heterocycles. The molecule has 0 atom stereocenters. The van der Waals surface area contributed by atoms with Gasteiger partial charge in [-0.1, -0.05) is 13.8 Å². The smallest absolute Gasteiger partial charge is 0.253 e. The first kappa shape index (κ1) is 26.2. The molecule has 5 rings (SSSR count). The second kappa shape index (κ2) is 9.71. The van der Waals surface area contributed by atoms with Crippen LogP contribution in [0.1, 0.15) is 73.3 Å². The summed E-state index contributed by atoms with van der Waals surface area (Å²) in [7, 11) is -3.46. The summed E-state index contributed by atoms with van der Waals surface area (Å²) in [6.07, 6.45) is 6.32. The number of rotatable bonds is 7. The predicted octanol–water partition coefficient (Wildman–Crippen LogP) is 3.26. The molecule has 10 heteroatoms. The van der Waals surface area contributed by atoms with E-state index in [-0.39, 0.29) is 23.5 Å². The number of fused-ring (bicyclic) bond motifs is 3. The molecule has 0 unspecified atom stereocenters. The van der Waals surface area contributed by atoms with Crippen LogP contribution in [0.15, 0.2) is 17.0 Å². The number of amides is 1. The van der Waals surface area contributed by atoms with Gasteiger partial charge < -0.3 is 26.1 Å². The van der Waals surface area contributed by atoms with Crippen LogP contribution < -0.4 is 16.8 Å². The zero-order valence-electron chi connectivity index (χ0n) is 21.6. The fraction of sp³-hybridized carbons (Fsp3) is 0.593. The molecular formula is C27H37FN4O4S. The molecule has 1 aromatic carbocycles. The van der Waals surface area contributed by atoms with Gasteiger partial charge in [-0.15, -0.1) is 0 Å². The van der Waals surface area contributed by atoms with Crippen LogP contribution in [-0.2, 0) is 33.8 Å². The maximum absolute atomic E-state index is 15.5. The SMILES string of the molecule is CC1(C)Cc2c(c3c(n2-c2cc(F)c(C(N)=O)c(NC4CCC(OCCN)CC4)c2)CCC3)S(=O)(=O)C1. The normalized spacial score (nSPS) is 23.9. The van der Waals surface area contributed by atoms with Crippen LogP contribution in [0.4, 0.5) is 10.1 Å².